The summed E-state index contributed by atoms with van der Waals surface area (Å²) in [6.07, 6.45) is 3.02. The number of nitrogens with one attached hydrogen (secondary N) is 1. The average molecular weight is 646 g/mol. The highest BCUT2D eigenvalue weighted by atomic mass is 16.6. The number of fused-ring (bicyclic) bond motifs is 3. The summed E-state index contributed by atoms with van der Waals surface area (Å²) in [5, 5.41) is 2.74. The minimum absolute atomic E-state index is 0.0382. The first-order valence-electron chi connectivity index (χ1n) is 16.4. The van der Waals surface area contributed by atoms with Crippen LogP contribution in [0.4, 0.5) is 4.79 Å². The molecule has 256 valence electrons. The van der Waals surface area contributed by atoms with Gasteiger partial charge in [0.25, 0.3) is 0 Å². The lowest BCUT2D eigenvalue weighted by Gasteiger charge is -2.14. The molecular formula is C35H51NO10. The summed E-state index contributed by atoms with van der Waals surface area (Å²) in [6.45, 7) is 8.35. The molecule has 46 heavy (non-hydrogen) atoms. The Bertz CT molecular complexity index is 1070. The van der Waals surface area contributed by atoms with Gasteiger partial charge in [0.05, 0.1) is 79.3 Å². The van der Waals surface area contributed by atoms with Crippen LogP contribution in [0.3, 0.4) is 0 Å². The zero-order valence-corrected chi connectivity index (χ0v) is 27.2. The van der Waals surface area contributed by atoms with Gasteiger partial charge in [-0.2, -0.15) is 0 Å². The van der Waals surface area contributed by atoms with Crippen LogP contribution in [0.2, 0.25) is 0 Å². The van der Waals surface area contributed by atoms with Crippen molar-refractivity contribution in [3.63, 3.8) is 0 Å². The largest absolute Gasteiger partial charge is 0.463 e. The van der Waals surface area contributed by atoms with Gasteiger partial charge < -0.3 is 43.2 Å². The van der Waals surface area contributed by atoms with E-state index in [0.29, 0.717) is 92.2 Å². The van der Waals surface area contributed by atoms with Crippen LogP contribution < -0.4 is 5.32 Å². The van der Waals surface area contributed by atoms with Crippen LogP contribution in [0.5, 0.6) is 0 Å². The number of unbranched alkanes of at least 4 members (excludes halogenated alkanes) is 2. The summed E-state index contributed by atoms with van der Waals surface area (Å²) in [5.74, 6) is -0.126. The SMILES string of the molecule is CCCCCC(=O)OCCOCCOCCOCCOCCOCCOCCNC(=O)OCC1c2ccccc2-c2ccccc21. The summed E-state index contributed by atoms with van der Waals surface area (Å²) in [5.41, 5.74) is 4.77. The number of amides is 1. The predicted octanol–water partition coefficient (Wildman–Crippen LogP) is 4.75. The van der Waals surface area contributed by atoms with Gasteiger partial charge in [0.1, 0.15) is 13.2 Å². The van der Waals surface area contributed by atoms with Crippen molar-refractivity contribution in [3.05, 3.63) is 59.7 Å². The summed E-state index contributed by atoms with van der Waals surface area (Å²) in [6, 6.07) is 16.5. The van der Waals surface area contributed by atoms with Crippen molar-refractivity contribution < 1.29 is 47.5 Å². The van der Waals surface area contributed by atoms with Crippen LogP contribution in [-0.2, 0) is 42.7 Å². The second kappa shape index (κ2) is 24.2. The van der Waals surface area contributed by atoms with Gasteiger partial charge in [-0.3, -0.25) is 4.79 Å². The number of carbonyl (C=O) groups excluding carboxylic acids is 2. The van der Waals surface area contributed by atoms with Crippen LogP contribution in [0.15, 0.2) is 48.5 Å². The van der Waals surface area contributed by atoms with Crippen molar-refractivity contribution in [1.29, 1.82) is 0 Å². The molecule has 0 saturated carbocycles. The zero-order valence-electron chi connectivity index (χ0n) is 27.2. The van der Waals surface area contributed by atoms with Crippen molar-refractivity contribution in [2.24, 2.45) is 0 Å². The molecule has 2 aromatic rings. The van der Waals surface area contributed by atoms with E-state index in [1.165, 1.54) is 22.3 Å². The monoisotopic (exact) mass is 645 g/mol. The number of rotatable bonds is 27. The van der Waals surface area contributed by atoms with Gasteiger partial charge in [-0.25, -0.2) is 4.79 Å². The molecule has 11 heteroatoms. The summed E-state index contributed by atoms with van der Waals surface area (Å²) >= 11 is 0. The maximum Gasteiger partial charge on any atom is 0.407 e. The van der Waals surface area contributed by atoms with E-state index < -0.39 is 6.09 Å². The highest BCUT2D eigenvalue weighted by Gasteiger charge is 2.28. The first kappa shape index (κ1) is 37.4. The normalized spacial score (nSPS) is 12.1. The molecule has 11 nitrogen and oxygen atoms in total. The molecule has 0 bridgehead atoms. The molecule has 0 heterocycles. The number of esters is 1. The van der Waals surface area contributed by atoms with E-state index in [4.69, 9.17) is 37.9 Å². The Kier molecular flexibility index (Phi) is 19.6. The van der Waals surface area contributed by atoms with Gasteiger partial charge in [0.15, 0.2) is 0 Å². The maximum atomic E-state index is 12.2. The highest BCUT2D eigenvalue weighted by Crippen LogP contribution is 2.44. The number of alkyl carbamates (subject to hydrolysis) is 1. The minimum Gasteiger partial charge on any atom is -0.463 e. The Morgan fingerprint density at radius 2 is 1.04 bits per heavy atom. The standard InChI is InChI=1S/C35H51NO10/c1-2-3-4-13-34(37)45-27-26-44-25-24-43-23-22-42-21-20-41-19-18-40-17-16-39-15-14-36-35(38)46-28-33-31-11-7-5-9-29(31)30-10-6-8-12-32(30)33/h5-12,33H,2-4,13-28H2,1H3,(H,36,38). The number of carbonyl (C=O) groups is 2. The minimum atomic E-state index is -0.453. The van der Waals surface area contributed by atoms with Crippen molar-refractivity contribution in [3.8, 4) is 11.1 Å². The third kappa shape index (κ3) is 15.0. The number of hydrogen-bond acceptors (Lipinski definition) is 10. The molecule has 1 amide bonds. The molecule has 0 fully saturated rings. The molecular weight excluding hydrogens is 594 g/mol. The fraction of sp³-hybridized carbons (Fsp3) is 0.600. The Balaban J connectivity index is 1.02. The lowest BCUT2D eigenvalue weighted by atomic mass is 9.98. The van der Waals surface area contributed by atoms with E-state index in [1.54, 1.807) is 0 Å². The van der Waals surface area contributed by atoms with Gasteiger partial charge in [-0.05, 0) is 28.7 Å². The summed E-state index contributed by atoms with van der Waals surface area (Å²) in [4.78, 5) is 23.7. The van der Waals surface area contributed by atoms with Gasteiger partial charge in [-0.15, -0.1) is 0 Å². The van der Waals surface area contributed by atoms with Gasteiger partial charge in [0, 0.05) is 18.9 Å². The Morgan fingerprint density at radius 3 is 1.54 bits per heavy atom. The topological polar surface area (TPSA) is 120 Å². The van der Waals surface area contributed by atoms with E-state index in [0.717, 1.165) is 19.3 Å². The van der Waals surface area contributed by atoms with Gasteiger partial charge in [-0.1, -0.05) is 68.3 Å². The van der Waals surface area contributed by atoms with E-state index in [1.807, 2.05) is 24.3 Å². The fourth-order valence-corrected chi connectivity index (χ4v) is 4.88. The highest BCUT2D eigenvalue weighted by molar-refractivity contribution is 5.79. The zero-order chi connectivity index (χ0) is 32.5. The average Bonchev–Trinajstić information content (AvgIpc) is 3.39. The molecule has 0 saturated heterocycles. The molecule has 0 radical (unpaired) electrons. The Hall–Kier alpha value is -3.06. The molecule has 0 spiro atoms. The Morgan fingerprint density at radius 1 is 0.587 bits per heavy atom. The van der Waals surface area contributed by atoms with E-state index >= 15 is 0 Å². The van der Waals surface area contributed by atoms with Crippen LogP contribution in [0, 0.1) is 0 Å². The fourth-order valence-electron chi connectivity index (χ4n) is 4.88. The number of benzene rings is 2. The van der Waals surface area contributed by atoms with Gasteiger partial charge in [0.2, 0.25) is 0 Å². The smallest absolute Gasteiger partial charge is 0.407 e. The molecule has 0 aromatic heterocycles. The second-order valence-corrected chi connectivity index (χ2v) is 10.6. The predicted molar refractivity (Wildman–Crippen MR) is 173 cm³/mol. The van der Waals surface area contributed by atoms with E-state index in [2.05, 4.69) is 36.5 Å². The first-order valence-corrected chi connectivity index (χ1v) is 16.4. The second-order valence-electron chi connectivity index (χ2n) is 10.6. The Labute approximate surface area is 273 Å². The number of hydrogen-bond donors (Lipinski definition) is 1. The summed E-state index contributed by atoms with van der Waals surface area (Å²) in [7, 11) is 0. The van der Waals surface area contributed by atoms with Crippen molar-refractivity contribution in [2.45, 2.75) is 38.5 Å². The molecule has 0 atom stereocenters. The lowest BCUT2D eigenvalue weighted by molar-refractivity contribution is -0.145. The van der Waals surface area contributed by atoms with Crippen molar-refractivity contribution in [2.75, 3.05) is 99.0 Å². The van der Waals surface area contributed by atoms with Crippen LogP contribution in [0.25, 0.3) is 11.1 Å². The maximum absolute atomic E-state index is 12.2. The third-order valence-electron chi connectivity index (χ3n) is 7.19. The van der Waals surface area contributed by atoms with Crippen LogP contribution in [-0.4, -0.2) is 111 Å². The number of ether oxygens (including phenoxy) is 8. The molecule has 2 aromatic carbocycles. The van der Waals surface area contributed by atoms with Crippen LogP contribution in [0.1, 0.15) is 49.7 Å². The van der Waals surface area contributed by atoms with Gasteiger partial charge >= 0.3 is 12.1 Å². The van der Waals surface area contributed by atoms with Crippen molar-refractivity contribution >= 4 is 12.1 Å². The molecule has 0 unspecified atom stereocenters. The lowest BCUT2D eigenvalue weighted by Crippen LogP contribution is -2.29. The van der Waals surface area contributed by atoms with Crippen molar-refractivity contribution in [1.82, 2.24) is 5.32 Å². The summed E-state index contributed by atoms with van der Waals surface area (Å²) < 4.78 is 43.4. The first-order chi connectivity index (χ1) is 22.7. The molecule has 3 rings (SSSR count). The quantitative estimate of drug-likeness (QED) is 0.108. The van der Waals surface area contributed by atoms with E-state index in [9.17, 15) is 9.59 Å². The van der Waals surface area contributed by atoms with Crippen LogP contribution >= 0.6 is 0 Å². The molecule has 0 aliphatic heterocycles. The molecule has 1 N–H and O–H groups in total. The molecule has 1 aliphatic rings. The van der Waals surface area contributed by atoms with E-state index in [-0.39, 0.29) is 25.1 Å². The molecule has 1 aliphatic carbocycles. The third-order valence-corrected chi connectivity index (χ3v) is 7.19.